The van der Waals surface area contributed by atoms with E-state index >= 15 is 0 Å². The molecule has 0 aromatic heterocycles. The molecule has 0 saturated heterocycles. The lowest BCUT2D eigenvalue weighted by Gasteiger charge is -2.25. The van der Waals surface area contributed by atoms with Crippen LogP contribution in [0.1, 0.15) is 32.8 Å². The minimum atomic E-state index is 0.519. The second-order valence-corrected chi connectivity index (χ2v) is 5.79. The normalized spacial score (nSPS) is 11.1. The van der Waals surface area contributed by atoms with Crippen LogP contribution in [0, 0.1) is 0 Å². The second kappa shape index (κ2) is 8.93. The molecule has 1 rings (SSSR count). The van der Waals surface area contributed by atoms with Gasteiger partial charge in [0, 0.05) is 19.0 Å². The lowest BCUT2D eigenvalue weighted by atomic mass is 10.1. The molecule has 0 atom stereocenters. The number of rotatable bonds is 9. The first-order valence-electron chi connectivity index (χ1n) is 7.27. The SMILES string of the molecule is CCCN(CCOc1ccc(CC(N)=S)cc1)C(C)C. The zero-order valence-corrected chi connectivity index (χ0v) is 13.6. The van der Waals surface area contributed by atoms with Crippen LogP contribution < -0.4 is 10.5 Å². The van der Waals surface area contributed by atoms with Crippen LogP contribution in [-0.2, 0) is 6.42 Å². The Balaban J connectivity index is 2.39. The van der Waals surface area contributed by atoms with Gasteiger partial charge in [-0.1, -0.05) is 31.3 Å². The van der Waals surface area contributed by atoms with Gasteiger partial charge in [0.1, 0.15) is 12.4 Å². The van der Waals surface area contributed by atoms with Crippen LogP contribution >= 0.6 is 12.2 Å². The van der Waals surface area contributed by atoms with E-state index in [2.05, 4.69) is 25.7 Å². The maximum absolute atomic E-state index is 5.79. The second-order valence-electron chi connectivity index (χ2n) is 5.27. The summed E-state index contributed by atoms with van der Waals surface area (Å²) in [7, 11) is 0. The third kappa shape index (κ3) is 6.35. The zero-order chi connectivity index (χ0) is 15.0. The summed E-state index contributed by atoms with van der Waals surface area (Å²) >= 11 is 4.90. The molecule has 112 valence electrons. The molecule has 2 N–H and O–H groups in total. The molecule has 0 fully saturated rings. The van der Waals surface area contributed by atoms with Crippen molar-refractivity contribution >= 4 is 17.2 Å². The molecule has 20 heavy (non-hydrogen) atoms. The Morgan fingerprint density at radius 3 is 2.40 bits per heavy atom. The van der Waals surface area contributed by atoms with Gasteiger partial charge < -0.3 is 10.5 Å². The largest absolute Gasteiger partial charge is 0.492 e. The Morgan fingerprint density at radius 2 is 1.90 bits per heavy atom. The predicted molar refractivity (Wildman–Crippen MR) is 89.4 cm³/mol. The number of benzene rings is 1. The van der Waals surface area contributed by atoms with Crippen molar-refractivity contribution in [2.45, 2.75) is 39.7 Å². The predicted octanol–water partition coefficient (Wildman–Crippen LogP) is 3.01. The molecule has 0 amide bonds. The van der Waals surface area contributed by atoms with E-state index in [0.29, 0.717) is 24.1 Å². The molecule has 0 aliphatic heterocycles. The van der Waals surface area contributed by atoms with Gasteiger partial charge in [-0.25, -0.2) is 0 Å². The first-order valence-corrected chi connectivity index (χ1v) is 7.67. The van der Waals surface area contributed by atoms with Crippen molar-refractivity contribution in [3.05, 3.63) is 29.8 Å². The minimum Gasteiger partial charge on any atom is -0.492 e. The molecular weight excluding hydrogens is 268 g/mol. The van der Waals surface area contributed by atoms with Crippen molar-refractivity contribution < 1.29 is 4.74 Å². The van der Waals surface area contributed by atoms with Crippen LogP contribution in [0.4, 0.5) is 0 Å². The molecular formula is C16H26N2OS. The average Bonchev–Trinajstić information content (AvgIpc) is 2.39. The lowest BCUT2D eigenvalue weighted by molar-refractivity contribution is 0.176. The van der Waals surface area contributed by atoms with Gasteiger partial charge in [-0.15, -0.1) is 0 Å². The van der Waals surface area contributed by atoms with Gasteiger partial charge in [0.2, 0.25) is 0 Å². The Kier molecular flexibility index (Phi) is 7.55. The fourth-order valence-electron chi connectivity index (χ4n) is 2.10. The fourth-order valence-corrected chi connectivity index (χ4v) is 2.27. The van der Waals surface area contributed by atoms with E-state index in [1.54, 1.807) is 0 Å². The van der Waals surface area contributed by atoms with Crippen molar-refractivity contribution in [3.8, 4) is 5.75 Å². The van der Waals surface area contributed by atoms with Crippen LogP contribution in [0.5, 0.6) is 5.75 Å². The highest BCUT2D eigenvalue weighted by molar-refractivity contribution is 7.80. The van der Waals surface area contributed by atoms with Gasteiger partial charge in [-0.05, 0) is 44.5 Å². The molecule has 0 aliphatic rings. The maximum Gasteiger partial charge on any atom is 0.119 e. The average molecular weight is 294 g/mol. The quantitative estimate of drug-likeness (QED) is 0.711. The Labute approximate surface area is 128 Å². The van der Waals surface area contributed by atoms with E-state index in [-0.39, 0.29) is 0 Å². The van der Waals surface area contributed by atoms with E-state index in [4.69, 9.17) is 22.7 Å². The summed E-state index contributed by atoms with van der Waals surface area (Å²) in [5, 5.41) is 0. The molecule has 0 spiro atoms. The molecule has 0 bridgehead atoms. The van der Waals surface area contributed by atoms with E-state index in [1.165, 1.54) is 6.42 Å². The maximum atomic E-state index is 5.79. The third-order valence-electron chi connectivity index (χ3n) is 3.19. The van der Waals surface area contributed by atoms with Gasteiger partial charge in [-0.3, -0.25) is 4.90 Å². The van der Waals surface area contributed by atoms with Crippen molar-refractivity contribution in [1.29, 1.82) is 0 Å². The van der Waals surface area contributed by atoms with Gasteiger partial charge in [-0.2, -0.15) is 0 Å². The summed E-state index contributed by atoms with van der Waals surface area (Å²) in [6, 6.07) is 8.55. The van der Waals surface area contributed by atoms with Gasteiger partial charge in [0.15, 0.2) is 0 Å². The molecule has 1 aromatic carbocycles. The molecule has 0 saturated carbocycles. The molecule has 1 aromatic rings. The molecule has 4 heteroatoms. The molecule has 0 unspecified atom stereocenters. The summed E-state index contributed by atoms with van der Waals surface area (Å²) in [5.74, 6) is 0.900. The number of hydrogen-bond donors (Lipinski definition) is 1. The Bertz CT molecular complexity index is 403. The van der Waals surface area contributed by atoms with Crippen LogP contribution in [0.3, 0.4) is 0 Å². The number of nitrogens with two attached hydrogens (primary N) is 1. The summed E-state index contributed by atoms with van der Waals surface area (Å²) < 4.78 is 5.79. The highest BCUT2D eigenvalue weighted by Crippen LogP contribution is 2.13. The highest BCUT2D eigenvalue weighted by atomic mass is 32.1. The summed E-state index contributed by atoms with van der Waals surface area (Å²) in [5.41, 5.74) is 6.65. The minimum absolute atomic E-state index is 0.519. The van der Waals surface area contributed by atoms with Gasteiger partial charge in [0.05, 0.1) is 4.99 Å². The van der Waals surface area contributed by atoms with Crippen molar-refractivity contribution in [2.24, 2.45) is 5.73 Å². The first kappa shape index (κ1) is 16.9. The van der Waals surface area contributed by atoms with Crippen LogP contribution in [0.2, 0.25) is 0 Å². The van der Waals surface area contributed by atoms with Crippen molar-refractivity contribution in [2.75, 3.05) is 19.7 Å². The Morgan fingerprint density at radius 1 is 1.25 bits per heavy atom. The lowest BCUT2D eigenvalue weighted by Crippen LogP contribution is -2.35. The van der Waals surface area contributed by atoms with E-state index in [1.807, 2.05) is 24.3 Å². The molecule has 0 aliphatic carbocycles. The van der Waals surface area contributed by atoms with E-state index < -0.39 is 0 Å². The molecule has 0 heterocycles. The number of nitrogens with zero attached hydrogens (tertiary/aromatic N) is 1. The fraction of sp³-hybridized carbons (Fsp3) is 0.562. The number of thiocarbonyl (C=S) groups is 1. The monoisotopic (exact) mass is 294 g/mol. The smallest absolute Gasteiger partial charge is 0.119 e. The number of ether oxygens (including phenoxy) is 1. The summed E-state index contributed by atoms with van der Waals surface area (Å²) in [6.07, 6.45) is 1.82. The molecule has 0 radical (unpaired) electrons. The Hall–Kier alpha value is -1.13. The van der Waals surface area contributed by atoms with Crippen molar-refractivity contribution in [1.82, 2.24) is 4.90 Å². The van der Waals surface area contributed by atoms with Gasteiger partial charge in [0.25, 0.3) is 0 Å². The van der Waals surface area contributed by atoms with Crippen molar-refractivity contribution in [3.63, 3.8) is 0 Å². The van der Waals surface area contributed by atoms with Crippen LogP contribution in [0.25, 0.3) is 0 Å². The molecule has 3 nitrogen and oxygen atoms in total. The summed E-state index contributed by atoms with van der Waals surface area (Å²) in [4.78, 5) is 2.95. The van der Waals surface area contributed by atoms with Crippen LogP contribution in [0.15, 0.2) is 24.3 Å². The standard InChI is InChI=1S/C16H26N2OS/c1-4-9-18(13(2)3)10-11-19-15-7-5-14(6-8-15)12-16(17)20/h5-8,13H,4,9-12H2,1-3H3,(H2,17,20). The topological polar surface area (TPSA) is 38.5 Å². The third-order valence-corrected chi connectivity index (χ3v) is 3.33. The number of hydrogen-bond acceptors (Lipinski definition) is 3. The van der Waals surface area contributed by atoms with E-state index in [9.17, 15) is 0 Å². The summed E-state index contributed by atoms with van der Waals surface area (Å²) in [6.45, 7) is 9.44. The van der Waals surface area contributed by atoms with Crippen LogP contribution in [-0.4, -0.2) is 35.6 Å². The van der Waals surface area contributed by atoms with Gasteiger partial charge >= 0.3 is 0 Å². The first-order chi connectivity index (χ1) is 9.52. The van der Waals surface area contributed by atoms with E-state index in [0.717, 1.165) is 24.4 Å². The highest BCUT2D eigenvalue weighted by Gasteiger charge is 2.07. The zero-order valence-electron chi connectivity index (χ0n) is 12.8.